The highest BCUT2D eigenvalue weighted by molar-refractivity contribution is 5.40. The summed E-state index contributed by atoms with van der Waals surface area (Å²) in [5.41, 5.74) is 0.919. The van der Waals surface area contributed by atoms with E-state index in [4.69, 9.17) is 4.74 Å². The van der Waals surface area contributed by atoms with Crippen LogP contribution < -0.4 is 10.1 Å². The van der Waals surface area contributed by atoms with Gasteiger partial charge in [0.05, 0.1) is 11.6 Å². The van der Waals surface area contributed by atoms with Crippen molar-refractivity contribution in [2.45, 2.75) is 18.6 Å². The van der Waals surface area contributed by atoms with Crippen LogP contribution in [0.4, 0.5) is 13.2 Å². The van der Waals surface area contributed by atoms with E-state index in [0.29, 0.717) is 17.1 Å². The molecule has 1 fully saturated rings. The van der Waals surface area contributed by atoms with Crippen LogP contribution in [-0.4, -0.2) is 31.1 Å². The third-order valence-electron chi connectivity index (χ3n) is 5.42. The van der Waals surface area contributed by atoms with Gasteiger partial charge in [0.25, 0.3) is 0 Å². The number of nitrogens with zero attached hydrogens (tertiary/aromatic N) is 1. The highest BCUT2D eigenvalue weighted by Gasteiger charge is 2.32. The van der Waals surface area contributed by atoms with Crippen LogP contribution in [0.25, 0.3) is 0 Å². The Balaban J connectivity index is 1.72. The molecular weight excluding hydrogens is 401 g/mol. The number of para-hydroxylation sites is 1. The van der Waals surface area contributed by atoms with Crippen LogP contribution in [0.1, 0.15) is 29.2 Å². The van der Waals surface area contributed by atoms with Crippen molar-refractivity contribution in [3.8, 4) is 11.5 Å². The predicted molar refractivity (Wildman–Crippen MR) is 115 cm³/mol. The first-order valence-electron chi connectivity index (χ1n) is 10.5. The molecule has 1 aliphatic heterocycles. The molecule has 0 amide bonds. The molecule has 0 bridgehead atoms. The Morgan fingerprint density at radius 1 is 0.774 bits per heavy atom. The minimum Gasteiger partial charge on any atom is -0.457 e. The molecule has 0 aromatic heterocycles. The SMILES string of the molecule is FC(F)(F)c1cccc(C(c2cccc(Oc3ccccc3)c2)N2CCCNCC2)c1. The van der Waals surface area contributed by atoms with E-state index in [0.717, 1.165) is 44.2 Å². The maximum absolute atomic E-state index is 13.4. The highest BCUT2D eigenvalue weighted by Crippen LogP contribution is 2.36. The van der Waals surface area contributed by atoms with Crippen LogP contribution in [0.5, 0.6) is 11.5 Å². The van der Waals surface area contributed by atoms with Gasteiger partial charge in [0.1, 0.15) is 11.5 Å². The molecule has 0 saturated carbocycles. The molecule has 31 heavy (non-hydrogen) atoms. The van der Waals surface area contributed by atoms with Gasteiger partial charge >= 0.3 is 6.18 Å². The normalized spacial score (nSPS) is 16.5. The number of nitrogens with one attached hydrogen (secondary N) is 1. The van der Waals surface area contributed by atoms with Crippen molar-refractivity contribution in [1.29, 1.82) is 0 Å². The summed E-state index contributed by atoms with van der Waals surface area (Å²) in [5.74, 6) is 1.38. The number of hydrogen-bond donors (Lipinski definition) is 1. The summed E-state index contributed by atoms with van der Waals surface area (Å²) in [6.07, 6.45) is -3.44. The summed E-state index contributed by atoms with van der Waals surface area (Å²) >= 11 is 0. The molecule has 0 spiro atoms. The first-order chi connectivity index (χ1) is 15.0. The van der Waals surface area contributed by atoms with Crippen molar-refractivity contribution >= 4 is 0 Å². The van der Waals surface area contributed by atoms with Crippen molar-refractivity contribution in [2.75, 3.05) is 26.2 Å². The van der Waals surface area contributed by atoms with E-state index in [2.05, 4.69) is 10.2 Å². The summed E-state index contributed by atoms with van der Waals surface area (Å²) in [6.45, 7) is 3.26. The lowest BCUT2D eigenvalue weighted by molar-refractivity contribution is -0.137. The summed E-state index contributed by atoms with van der Waals surface area (Å²) in [6, 6.07) is 22.5. The summed E-state index contributed by atoms with van der Waals surface area (Å²) in [5, 5.41) is 3.37. The first-order valence-corrected chi connectivity index (χ1v) is 10.5. The van der Waals surface area contributed by atoms with Crippen molar-refractivity contribution in [3.05, 3.63) is 95.6 Å². The van der Waals surface area contributed by atoms with Gasteiger partial charge in [0.15, 0.2) is 0 Å². The molecule has 1 aliphatic rings. The van der Waals surface area contributed by atoms with E-state index in [1.54, 1.807) is 6.07 Å². The summed E-state index contributed by atoms with van der Waals surface area (Å²) in [4.78, 5) is 2.25. The second-order valence-corrected chi connectivity index (χ2v) is 7.65. The molecule has 3 nitrogen and oxygen atoms in total. The monoisotopic (exact) mass is 426 g/mol. The zero-order valence-electron chi connectivity index (χ0n) is 17.1. The van der Waals surface area contributed by atoms with Crippen LogP contribution in [0.3, 0.4) is 0 Å². The average Bonchev–Trinajstić information content (AvgIpc) is 3.04. The largest absolute Gasteiger partial charge is 0.457 e. The summed E-state index contributed by atoms with van der Waals surface area (Å²) in [7, 11) is 0. The van der Waals surface area contributed by atoms with Crippen LogP contribution in [0.2, 0.25) is 0 Å². The number of rotatable bonds is 5. The lowest BCUT2D eigenvalue weighted by atomic mass is 9.95. The van der Waals surface area contributed by atoms with Crippen LogP contribution in [0.15, 0.2) is 78.9 Å². The molecule has 0 aliphatic carbocycles. The van der Waals surface area contributed by atoms with Crippen molar-refractivity contribution in [1.82, 2.24) is 10.2 Å². The van der Waals surface area contributed by atoms with Gasteiger partial charge in [0.2, 0.25) is 0 Å². The second-order valence-electron chi connectivity index (χ2n) is 7.65. The molecule has 162 valence electrons. The van der Waals surface area contributed by atoms with E-state index >= 15 is 0 Å². The van der Waals surface area contributed by atoms with Gasteiger partial charge in [-0.15, -0.1) is 0 Å². The van der Waals surface area contributed by atoms with Gasteiger partial charge in [-0.3, -0.25) is 4.90 Å². The van der Waals surface area contributed by atoms with Gasteiger partial charge in [-0.25, -0.2) is 0 Å². The minimum absolute atomic E-state index is 0.290. The standard InChI is InChI=1S/C25H25F3N2O/c26-25(27,28)21-9-4-7-19(17-21)24(30-15-6-13-29-14-16-30)20-8-5-12-23(18-20)31-22-10-2-1-3-11-22/h1-5,7-12,17-18,24,29H,6,13-16H2. The molecule has 1 unspecified atom stereocenters. The molecule has 1 saturated heterocycles. The lowest BCUT2D eigenvalue weighted by Gasteiger charge is -2.32. The zero-order valence-corrected chi connectivity index (χ0v) is 17.1. The summed E-state index contributed by atoms with van der Waals surface area (Å²) < 4.78 is 46.2. The predicted octanol–water partition coefficient (Wildman–Crippen LogP) is 5.88. The Hall–Kier alpha value is -2.83. The molecule has 0 radical (unpaired) electrons. The quantitative estimate of drug-likeness (QED) is 0.551. The highest BCUT2D eigenvalue weighted by atomic mass is 19.4. The Kier molecular flexibility index (Phi) is 6.59. The third kappa shape index (κ3) is 5.46. The van der Waals surface area contributed by atoms with Crippen molar-refractivity contribution in [3.63, 3.8) is 0 Å². The van der Waals surface area contributed by atoms with Crippen LogP contribution in [0, 0.1) is 0 Å². The number of alkyl halides is 3. The maximum atomic E-state index is 13.4. The molecule has 1 atom stereocenters. The fourth-order valence-electron chi connectivity index (χ4n) is 4.00. The maximum Gasteiger partial charge on any atom is 0.416 e. The Labute approximate surface area is 180 Å². The number of benzene rings is 3. The molecule has 1 heterocycles. The topological polar surface area (TPSA) is 24.5 Å². The number of hydrogen-bond acceptors (Lipinski definition) is 3. The Bertz CT molecular complexity index is 983. The fourth-order valence-corrected chi connectivity index (χ4v) is 4.00. The molecule has 1 N–H and O–H groups in total. The van der Waals surface area contributed by atoms with Gasteiger partial charge in [-0.05, 0) is 60.5 Å². The molecule has 4 rings (SSSR count). The lowest BCUT2D eigenvalue weighted by Crippen LogP contribution is -2.33. The molecule has 3 aromatic carbocycles. The number of ether oxygens (including phenoxy) is 1. The van der Waals surface area contributed by atoms with Crippen LogP contribution >= 0.6 is 0 Å². The van der Waals surface area contributed by atoms with Gasteiger partial charge in [0, 0.05) is 19.6 Å². The van der Waals surface area contributed by atoms with Crippen molar-refractivity contribution in [2.24, 2.45) is 0 Å². The minimum atomic E-state index is -4.38. The van der Waals surface area contributed by atoms with Gasteiger partial charge < -0.3 is 10.1 Å². The van der Waals surface area contributed by atoms with E-state index in [9.17, 15) is 13.2 Å². The van der Waals surface area contributed by atoms with Gasteiger partial charge in [-0.2, -0.15) is 13.2 Å². The first kappa shape index (κ1) is 21.4. The zero-order chi connectivity index (χ0) is 21.7. The third-order valence-corrected chi connectivity index (χ3v) is 5.42. The Morgan fingerprint density at radius 3 is 2.26 bits per heavy atom. The van der Waals surface area contributed by atoms with Crippen LogP contribution in [-0.2, 0) is 6.18 Å². The molecule has 3 aromatic rings. The Morgan fingerprint density at radius 2 is 1.48 bits per heavy atom. The van der Waals surface area contributed by atoms with E-state index in [1.165, 1.54) is 12.1 Å². The van der Waals surface area contributed by atoms with Gasteiger partial charge in [-0.1, -0.05) is 42.5 Å². The smallest absolute Gasteiger partial charge is 0.416 e. The van der Waals surface area contributed by atoms with E-state index < -0.39 is 11.7 Å². The molecular formula is C25H25F3N2O. The van der Waals surface area contributed by atoms with E-state index in [1.807, 2.05) is 54.6 Å². The fraction of sp³-hybridized carbons (Fsp3) is 0.280. The van der Waals surface area contributed by atoms with E-state index in [-0.39, 0.29) is 6.04 Å². The second kappa shape index (κ2) is 9.54. The number of halogens is 3. The average molecular weight is 426 g/mol. The molecule has 6 heteroatoms. The van der Waals surface area contributed by atoms with Crippen molar-refractivity contribution < 1.29 is 17.9 Å².